The van der Waals surface area contributed by atoms with Gasteiger partial charge in [0.25, 0.3) is 0 Å². The van der Waals surface area contributed by atoms with Crippen molar-refractivity contribution >= 4 is 27.6 Å². The Morgan fingerprint density at radius 3 is 2.45 bits per heavy atom. The summed E-state index contributed by atoms with van der Waals surface area (Å²) in [5, 5.41) is 29.8. The highest BCUT2D eigenvalue weighted by atomic mass is 16.3. The first kappa shape index (κ1) is 13.8. The molecule has 3 rings (SSSR count). The van der Waals surface area contributed by atoms with Gasteiger partial charge in [-0.1, -0.05) is 6.07 Å². The molecule has 1 heterocycles. The van der Waals surface area contributed by atoms with Gasteiger partial charge in [0.1, 0.15) is 17.0 Å². The van der Waals surface area contributed by atoms with Crippen LogP contribution in [0.4, 0.5) is 0 Å². The molecule has 3 aromatic rings. The van der Waals surface area contributed by atoms with Crippen LogP contribution in [0.3, 0.4) is 0 Å². The van der Waals surface area contributed by atoms with Gasteiger partial charge in [-0.05, 0) is 25.1 Å². The lowest BCUT2D eigenvalue weighted by Gasteiger charge is -1.97. The molecular formula is C16H11NO5. The molecule has 3 N–H and O–H groups in total. The molecule has 0 atom stereocenters. The Morgan fingerprint density at radius 1 is 1.05 bits per heavy atom. The van der Waals surface area contributed by atoms with Crippen molar-refractivity contribution in [3.05, 3.63) is 56.0 Å². The smallest absolute Gasteiger partial charge is 0.231 e. The second-order valence-corrected chi connectivity index (χ2v) is 4.91. The number of rotatable bonds is 0. The lowest BCUT2D eigenvalue weighted by Crippen LogP contribution is -2.26. The monoisotopic (exact) mass is 297 g/mol. The van der Waals surface area contributed by atoms with E-state index in [1.54, 1.807) is 0 Å². The van der Waals surface area contributed by atoms with E-state index in [0.717, 1.165) is 6.07 Å². The number of aromatic hydroxyl groups is 2. The molecule has 110 valence electrons. The lowest BCUT2D eigenvalue weighted by atomic mass is 10.1. The minimum atomic E-state index is -0.772. The summed E-state index contributed by atoms with van der Waals surface area (Å²) in [5.41, 5.74) is -1.04. The van der Waals surface area contributed by atoms with Gasteiger partial charge in [0.05, 0.1) is 10.7 Å². The second-order valence-electron chi connectivity index (χ2n) is 4.91. The van der Waals surface area contributed by atoms with E-state index in [4.69, 9.17) is 0 Å². The number of benzene rings is 2. The fourth-order valence-electron chi connectivity index (χ4n) is 2.43. The van der Waals surface area contributed by atoms with Gasteiger partial charge >= 0.3 is 0 Å². The van der Waals surface area contributed by atoms with Crippen molar-refractivity contribution in [2.75, 3.05) is 0 Å². The van der Waals surface area contributed by atoms with Crippen molar-refractivity contribution < 1.29 is 15.3 Å². The number of aromatic nitrogens is 1. The highest BCUT2D eigenvalue weighted by Crippen LogP contribution is 2.23. The average Bonchev–Trinajstić information content (AvgIpc) is 2.58. The summed E-state index contributed by atoms with van der Waals surface area (Å²) in [5.74, 6) is -1.15. The fraction of sp³-hybridized carbons (Fsp3) is 0.0625. The number of fused-ring (bicyclic) bond motifs is 2. The van der Waals surface area contributed by atoms with Crippen LogP contribution in [-0.4, -0.2) is 20.3 Å². The van der Waals surface area contributed by atoms with Crippen molar-refractivity contribution in [2.45, 2.75) is 6.92 Å². The summed E-state index contributed by atoms with van der Waals surface area (Å²) in [6, 6.07) is 6.66. The van der Waals surface area contributed by atoms with E-state index in [1.807, 2.05) is 0 Å². The summed E-state index contributed by atoms with van der Waals surface area (Å²) in [6.07, 6.45) is 0. The van der Waals surface area contributed by atoms with Gasteiger partial charge in [0.15, 0.2) is 5.75 Å². The van der Waals surface area contributed by atoms with E-state index >= 15 is 0 Å². The van der Waals surface area contributed by atoms with E-state index in [0.29, 0.717) is 0 Å². The summed E-state index contributed by atoms with van der Waals surface area (Å²) in [4.78, 5) is 28.1. The fourth-order valence-corrected chi connectivity index (χ4v) is 2.43. The van der Waals surface area contributed by atoms with Crippen LogP contribution in [0.2, 0.25) is 0 Å². The molecule has 0 radical (unpaired) electrons. The van der Waals surface area contributed by atoms with Crippen molar-refractivity contribution in [3.8, 4) is 11.5 Å². The minimum Gasteiger partial charge on any atom is -0.512 e. The van der Waals surface area contributed by atoms with Crippen LogP contribution in [0.5, 0.6) is 11.5 Å². The molecule has 0 aliphatic rings. The molecule has 0 saturated carbocycles. The highest BCUT2D eigenvalue weighted by Gasteiger charge is 2.11. The predicted octanol–water partition coefficient (Wildman–Crippen LogP) is 0.925. The zero-order valence-corrected chi connectivity index (χ0v) is 11.5. The van der Waals surface area contributed by atoms with Crippen LogP contribution in [0.25, 0.3) is 27.6 Å². The Morgan fingerprint density at radius 2 is 1.77 bits per heavy atom. The van der Waals surface area contributed by atoms with Crippen LogP contribution < -0.4 is 16.1 Å². The highest BCUT2D eigenvalue weighted by molar-refractivity contribution is 5.92. The molecule has 0 unspecified atom stereocenters. The summed E-state index contributed by atoms with van der Waals surface area (Å²) in [7, 11) is 0. The predicted molar refractivity (Wildman–Crippen MR) is 82.0 cm³/mol. The molecule has 0 aliphatic carbocycles. The molecule has 0 aliphatic heterocycles. The maximum Gasteiger partial charge on any atom is 0.231 e. The van der Waals surface area contributed by atoms with Crippen molar-refractivity contribution in [2.24, 2.45) is 0 Å². The maximum atomic E-state index is 12.0. The van der Waals surface area contributed by atoms with Crippen molar-refractivity contribution in [3.63, 3.8) is 0 Å². The third-order valence-electron chi connectivity index (χ3n) is 3.43. The van der Waals surface area contributed by atoms with Gasteiger partial charge < -0.3 is 15.3 Å². The Bertz CT molecular complexity index is 1100. The lowest BCUT2D eigenvalue weighted by molar-refractivity contribution is 0.467. The number of phenols is 1. The Balaban J connectivity index is 2.79. The molecule has 1 aromatic heterocycles. The third kappa shape index (κ3) is 1.93. The number of aliphatic hydroxyl groups is 1. The maximum absolute atomic E-state index is 12.0. The number of hydrogen-bond donors (Lipinski definition) is 3. The molecule has 22 heavy (non-hydrogen) atoms. The largest absolute Gasteiger partial charge is 0.512 e. The van der Waals surface area contributed by atoms with Gasteiger partial charge in [0, 0.05) is 16.8 Å². The average molecular weight is 297 g/mol. The molecule has 0 saturated heterocycles. The Hall–Kier alpha value is -3.15. The summed E-state index contributed by atoms with van der Waals surface area (Å²) in [6.45, 7) is 1.29. The minimum absolute atomic E-state index is 0.00888. The van der Waals surface area contributed by atoms with E-state index in [-0.39, 0.29) is 38.5 Å². The number of nitrogens with zero attached hydrogens (tertiary/aromatic N) is 1. The van der Waals surface area contributed by atoms with Crippen LogP contribution in [0.1, 0.15) is 6.92 Å². The normalized spacial score (nSPS) is 12.6. The molecule has 0 fully saturated rings. The quantitative estimate of drug-likeness (QED) is 0.569. The Kier molecular flexibility index (Phi) is 2.95. The van der Waals surface area contributed by atoms with Crippen molar-refractivity contribution in [1.82, 2.24) is 4.98 Å². The Labute approximate surface area is 123 Å². The molecule has 2 aromatic carbocycles. The third-order valence-corrected chi connectivity index (χ3v) is 3.43. The second kappa shape index (κ2) is 4.70. The van der Waals surface area contributed by atoms with Gasteiger partial charge in [-0.2, -0.15) is 0 Å². The standard InChI is InChI=1S/C16H11NO5/c1-7(18)14-9-5-12(20)8-3-2-4-11(19)15(8)17-10(9)6-13(21)16(14)22/h2-6,18,20-21H,1H3. The van der Waals surface area contributed by atoms with Gasteiger partial charge in [-0.25, -0.2) is 4.98 Å². The van der Waals surface area contributed by atoms with Crippen molar-refractivity contribution in [1.29, 1.82) is 0 Å². The molecule has 0 bridgehead atoms. The molecule has 6 nitrogen and oxygen atoms in total. The van der Waals surface area contributed by atoms with E-state index < -0.39 is 16.6 Å². The van der Waals surface area contributed by atoms with Gasteiger partial charge in [0.2, 0.25) is 10.9 Å². The molecule has 0 amide bonds. The number of aliphatic hydroxyl groups excluding tert-OH is 1. The summed E-state index contributed by atoms with van der Waals surface area (Å²) < 4.78 is 0. The molecule has 6 heteroatoms. The topological polar surface area (TPSA) is 108 Å². The zero-order valence-electron chi connectivity index (χ0n) is 11.5. The van der Waals surface area contributed by atoms with Crippen LogP contribution >= 0.6 is 0 Å². The van der Waals surface area contributed by atoms with Gasteiger partial charge in [-0.15, -0.1) is 0 Å². The van der Waals surface area contributed by atoms with Crippen LogP contribution in [-0.2, 0) is 0 Å². The van der Waals surface area contributed by atoms with Gasteiger partial charge in [-0.3, -0.25) is 9.59 Å². The van der Waals surface area contributed by atoms with Crippen LogP contribution in [0, 0.1) is 0 Å². The SMILES string of the molecule is CC(O)=c1c(=O)c(O)cc2nc3c(=O)cccc3c(O)cc12. The van der Waals surface area contributed by atoms with E-state index in [9.17, 15) is 24.9 Å². The molecule has 0 spiro atoms. The first-order valence-corrected chi connectivity index (χ1v) is 6.42. The zero-order chi connectivity index (χ0) is 16.0. The molecular weight excluding hydrogens is 286 g/mol. The first-order valence-electron chi connectivity index (χ1n) is 6.42. The van der Waals surface area contributed by atoms with E-state index in [1.165, 1.54) is 31.2 Å². The number of phenolic OH excluding ortho intramolecular Hbond substituents is 1. The summed E-state index contributed by atoms with van der Waals surface area (Å²) >= 11 is 0. The van der Waals surface area contributed by atoms with Crippen LogP contribution in [0.15, 0.2) is 39.9 Å². The number of para-hydroxylation sites is 1. The number of hydrogen-bond acceptors (Lipinski definition) is 6. The first-order chi connectivity index (χ1) is 10.4. The van der Waals surface area contributed by atoms with E-state index in [2.05, 4.69) is 4.98 Å².